The number of hydrogen-bond donors (Lipinski definition) is 1. The topological polar surface area (TPSA) is 66.8 Å². The van der Waals surface area contributed by atoms with Crippen molar-refractivity contribution in [2.75, 3.05) is 26.3 Å². The molecule has 18 heavy (non-hydrogen) atoms. The van der Waals surface area contributed by atoms with E-state index in [1.807, 2.05) is 4.90 Å². The fourth-order valence-corrected chi connectivity index (χ4v) is 2.82. The number of carboxylic acid groups (broad SMARTS) is 1. The van der Waals surface area contributed by atoms with E-state index in [4.69, 9.17) is 9.84 Å². The van der Waals surface area contributed by atoms with Gasteiger partial charge in [-0.1, -0.05) is 0 Å². The van der Waals surface area contributed by atoms with Gasteiger partial charge in [-0.3, -0.25) is 9.59 Å². The van der Waals surface area contributed by atoms with Crippen LogP contribution < -0.4 is 0 Å². The van der Waals surface area contributed by atoms with Crippen molar-refractivity contribution in [1.29, 1.82) is 0 Å². The molecule has 2 heterocycles. The van der Waals surface area contributed by atoms with Crippen molar-refractivity contribution in [3.05, 3.63) is 0 Å². The summed E-state index contributed by atoms with van der Waals surface area (Å²) in [5.41, 5.74) is 0. The van der Waals surface area contributed by atoms with Crippen LogP contribution in [0, 0.1) is 11.8 Å². The summed E-state index contributed by atoms with van der Waals surface area (Å²) in [5, 5.41) is 8.69. The molecule has 2 rings (SSSR count). The van der Waals surface area contributed by atoms with Crippen molar-refractivity contribution in [2.24, 2.45) is 11.8 Å². The minimum absolute atomic E-state index is 0.0308. The van der Waals surface area contributed by atoms with Gasteiger partial charge < -0.3 is 14.7 Å². The molecule has 0 radical (unpaired) electrons. The Kier molecular flexibility index (Phi) is 4.58. The molecule has 2 fully saturated rings. The third-order valence-electron chi connectivity index (χ3n) is 3.88. The Labute approximate surface area is 107 Å². The maximum Gasteiger partial charge on any atom is 0.303 e. The first-order valence-electron chi connectivity index (χ1n) is 6.75. The van der Waals surface area contributed by atoms with Gasteiger partial charge >= 0.3 is 5.97 Å². The number of hydrogen-bond acceptors (Lipinski definition) is 3. The standard InChI is InChI=1S/C13H21NO4/c15-12(16)4-3-10-2-1-6-14(8-10)13(17)11-5-7-18-9-11/h10-11H,1-9H2,(H,15,16)/t10-,11-/m0/s1. The van der Waals surface area contributed by atoms with Crippen LogP contribution in [0.5, 0.6) is 0 Å². The van der Waals surface area contributed by atoms with E-state index < -0.39 is 5.97 Å². The highest BCUT2D eigenvalue weighted by Crippen LogP contribution is 2.24. The molecule has 1 amide bonds. The van der Waals surface area contributed by atoms with Crippen LogP contribution in [0.2, 0.25) is 0 Å². The monoisotopic (exact) mass is 255 g/mol. The maximum atomic E-state index is 12.2. The van der Waals surface area contributed by atoms with E-state index in [0.29, 0.717) is 25.6 Å². The predicted octanol–water partition coefficient (Wildman–Crippen LogP) is 1.13. The second-order valence-corrected chi connectivity index (χ2v) is 5.29. The van der Waals surface area contributed by atoms with E-state index in [2.05, 4.69) is 0 Å². The molecule has 2 aliphatic rings. The molecule has 0 unspecified atom stereocenters. The number of aliphatic carboxylic acids is 1. The molecule has 0 saturated carbocycles. The Bertz CT molecular complexity index is 312. The molecule has 0 bridgehead atoms. The lowest BCUT2D eigenvalue weighted by molar-refractivity contribution is -0.138. The number of likely N-dealkylation sites (tertiary alicyclic amines) is 1. The second kappa shape index (κ2) is 6.18. The molecular weight excluding hydrogens is 234 g/mol. The Morgan fingerprint density at radius 3 is 2.83 bits per heavy atom. The lowest BCUT2D eigenvalue weighted by Gasteiger charge is -2.34. The molecule has 2 aliphatic heterocycles. The van der Waals surface area contributed by atoms with E-state index in [1.54, 1.807) is 0 Å². The van der Waals surface area contributed by atoms with Crippen LogP contribution in [0.4, 0.5) is 0 Å². The second-order valence-electron chi connectivity index (χ2n) is 5.29. The van der Waals surface area contributed by atoms with E-state index in [9.17, 15) is 9.59 Å². The highest BCUT2D eigenvalue weighted by atomic mass is 16.5. The Morgan fingerprint density at radius 2 is 2.17 bits per heavy atom. The summed E-state index contributed by atoms with van der Waals surface area (Å²) in [5.74, 6) is -0.167. The zero-order valence-electron chi connectivity index (χ0n) is 10.6. The lowest BCUT2D eigenvalue weighted by Crippen LogP contribution is -2.43. The van der Waals surface area contributed by atoms with Gasteiger partial charge in [0.25, 0.3) is 0 Å². The van der Waals surface area contributed by atoms with Gasteiger partial charge in [0.2, 0.25) is 5.91 Å². The first-order chi connectivity index (χ1) is 8.66. The minimum Gasteiger partial charge on any atom is -0.481 e. The van der Waals surface area contributed by atoms with Crippen molar-refractivity contribution in [3.8, 4) is 0 Å². The molecule has 5 heteroatoms. The highest BCUT2D eigenvalue weighted by molar-refractivity contribution is 5.79. The zero-order valence-corrected chi connectivity index (χ0v) is 10.6. The van der Waals surface area contributed by atoms with Crippen LogP contribution in [-0.2, 0) is 14.3 Å². The average Bonchev–Trinajstić information content (AvgIpc) is 2.89. The summed E-state index contributed by atoms with van der Waals surface area (Å²) in [6.07, 6.45) is 3.75. The van der Waals surface area contributed by atoms with Crippen LogP contribution in [-0.4, -0.2) is 48.2 Å². The smallest absolute Gasteiger partial charge is 0.303 e. The number of nitrogens with zero attached hydrogens (tertiary/aromatic N) is 1. The largest absolute Gasteiger partial charge is 0.481 e. The van der Waals surface area contributed by atoms with Crippen molar-refractivity contribution in [2.45, 2.75) is 32.1 Å². The van der Waals surface area contributed by atoms with Gasteiger partial charge in [-0.05, 0) is 31.6 Å². The van der Waals surface area contributed by atoms with Crippen LogP contribution in [0.25, 0.3) is 0 Å². The van der Waals surface area contributed by atoms with Gasteiger partial charge in [-0.2, -0.15) is 0 Å². The van der Waals surface area contributed by atoms with E-state index in [0.717, 1.165) is 32.4 Å². The summed E-state index contributed by atoms with van der Waals surface area (Å²) < 4.78 is 5.25. The molecule has 102 valence electrons. The Hall–Kier alpha value is -1.10. The van der Waals surface area contributed by atoms with E-state index in [-0.39, 0.29) is 18.2 Å². The molecule has 2 saturated heterocycles. The van der Waals surface area contributed by atoms with Gasteiger partial charge in [0.15, 0.2) is 0 Å². The Balaban J connectivity index is 1.81. The molecule has 0 aliphatic carbocycles. The van der Waals surface area contributed by atoms with E-state index in [1.165, 1.54) is 0 Å². The Morgan fingerprint density at radius 1 is 1.33 bits per heavy atom. The fraction of sp³-hybridized carbons (Fsp3) is 0.846. The number of carbonyl (C=O) groups is 2. The van der Waals surface area contributed by atoms with Gasteiger partial charge in [-0.15, -0.1) is 0 Å². The van der Waals surface area contributed by atoms with Crippen molar-refractivity contribution >= 4 is 11.9 Å². The van der Waals surface area contributed by atoms with Gasteiger partial charge in [0.05, 0.1) is 12.5 Å². The zero-order chi connectivity index (χ0) is 13.0. The van der Waals surface area contributed by atoms with Gasteiger partial charge in [0.1, 0.15) is 0 Å². The summed E-state index contributed by atoms with van der Waals surface area (Å²) in [6.45, 7) is 2.78. The third kappa shape index (κ3) is 3.45. The van der Waals surface area contributed by atoms with Crippen LogP contribution >= 0.6 is 0 Å². The molecule has 0 aromatic rings. The molecule has 0 spiro atoms. The lowest BCUT2D eigenvalue weighted by atomic mass is 9.92. The molecule has 0 aromatic heterocycles. The molecular formula is C13H21NO4. The first kappa shape index (κ1) is 13.3. The summed E-state index contributed by atoms with van der Waals surface area (Å²) >= 11 is 0. The molecule has 0 aromatic carbocycles. The molecule has 2 atom stereocenters. The van der Waals surface area contributed by atoms with Gasteiger partial charge in [-0.25, -0.2) is 0 Å². The van der Waals surface area contributed by atoms with Gasteiger partial charge in [0, 0.05) is 26.1 Å². The predicted molar refractivity (Wildman–Crippen MR) is 65.1 cm³/mol. The molecule has 5 nitrogen and oxygen atoms in total. The normalized spacial score (nSPS) is 28.3. The number of carboxylic acids is 1. The third-order valence-corrected chi connectivity index (χ3v) is 3.88. The van der Waals surface area contributed by atoms with E-state index >= 15 is 0 Å². The average molecular weight is 255 g/mol. The number of rotatable bonds is 4. The number of carbonyl (C=O) groups excluding carboxylic acids is 1. The fourth-order valence-electron chi connectivity index (χ4n) is 2.82. The van der Waals surface area contributed by atoms with Crippen LogP contribution in [0.3, 0.4) is 0 Å². The minimum atomic E-state index is -0.748. The number of piperidine rings is 1. The van der Waals surface area contributed by atoms with Crippen LogP contribution in [0.1, 0.15) is 32.1 Å². The summed E-state index contributed by atoms with van der Waals surface area (Å²) in [6, 6.07) is 0. The summed E-state index contributed by atoms with van der Waals surface area (Å²) in [4.78, 5) is 24.7. The first-order valence-corrected chi connectivity index (χ1v) is 6.75. The van der Waals surface area contributed by atoms with Crippen LogP contribution in [0.15, 0.2) is 0 Å². The van der Waals surface area contributed by atoms with Crippen molar-refractivity contribution in [1.82, 2.24) is 4.90 Å². The van der Waals surface area contributed by atoms with Crippen molar-refractivity contribution in [3.63, 3.8) is 0 Å². The highest BCUT2D eigenvalue weighted by Gasteiger charge is 2.31. The molecule has 1 N–H and O–H groups in total. The summed E-state index contributed by atoms with van der Waals surface area (Å²) in [7, 11) is 0. The number of amides is 1. The SMILES string of the molecule is O=C(O)CC[C@@H]1CCCN(C(=O)[C@H]2CCOC2)C1. The number of ether oxygens (including phenoxy) is 1. The quantitative estimate of drug-likeness (QED) is 0.817. The maximum absolute atomic E-state index is 12.2. The van der Waals surface area contributed by atoms with Crippen molar-refractivity contribution < 1.29 is 19.4 Å².